The predicted octanol–water partition coefficient (Wildman–Crippen LogP) is 1.73. The van der Waals surface area contributed by atoms with Crippen LogP contribution in [0.2, 0.25) is 0 Å². The summed E-state index contributed by atoms with van der Waals surface area (Å²) >= 11 is 3.35. The SMILES string of the molecule is COCC(N)C(=O)NCC(C)Oc1ccc(Br)cc1.Cl. The third-order valence-electron chi connectivity index (χ3n) is 2.40. The van der Waals surface area contributed by atoms with Gasteiger partial charge in [0.15, 0.2) is 0 Å². The van der Waals surface area contributed by atoms with Gasteiger partial charge in [-0.1, -0.05) is 15.9 Å². The van der Waals surface area contributed by atoms with Crippen LogP contribution in [0.3, 0.4) is 0 Å². The molecule has 0 aliphatic heterocycles. The third kappa shape index (κ3) is 7.09. The molecule has 0 spiro atoms. The van der Waals surface area contributed by atoms with Gasteiger partial charge in [-0.25, -0.2) is 0 Å². The van der Waals surface area contributed by atoms with Crippen LogP contribution in [-0.2, 0) is 9.53 Å². The van der Waals surface area contributed by atoms with Crippen molar-refractivity contribution in [3.63, 3.8) is 0 Å². The molecule has 1 amide bonds. The molecule has 0 aliphatic rings. The van der Waals surface area contributed by atoms with Gasteiger partial charge in [0.25, 0.3) is 0 Å². The van der Waals surface area contributed by atoms with E-state index >= 15 is 0 Å². The van der Waals surface area contributed by atoms with Crippen molar-refractivity contribution in [2.24, 2.45) is 5.73 Å². The average Bonchev–Trinajstić information content (AvgIpc) is 2.39. The summed E-state index contributed by atoms with van der Waals surface area (Å²) in [5.41, 5.74) is 5.60. The number of benzene rings is 1. The fourth-order valence-electron chi connectivity index (χ4n) is 1.42. The molecule has 0 saturated heterocycles. The van der Waals surface area contributed by atoms with Crippen molar-refractivity contribution in [1.29, 1.82) is 0 Å². The second-order valence-electron chi connectivity index (χ2n) is 4.19. The molecule has 0 aliphatic carbocycles. The fraction of sp³-hybridized carbons (Fsp3) is 0.462. The molecule has 1 rings (SSSR count). The summed E-state index contributed by atoms with van der Waals surface area (Å²) in [5, 5.41) is 2.72. The Kier molecular flexibility index (Phi) is 9.58. The maximum atomic E-state index is 11.6. The van der Waals surface area contributed by atoms with Crippen LogP contribution in [0.25, 0.3) is 0 Å². The molecular weight excluding hydrogens is 348 g/mol. The van der Waals surface area contributed by atoms with E-state index in [2.05, 4.69) is 21.2 Å². The smallest absolute Gasteiger partial charge is 0.239 e. The number of halogens is 2. The lowest BCUT2D eigenvalue weighted by molar-refractivity contribution is -0.123. The van der Waals surface area contributed by atoms with Crippen LogP contribution in [-0.4, -0.2) is 38.3 Å². The van der Waals surface area contributed by atoms with Crippen LogP contribution < -0.4 is 15.8 Å². The molecule has 2 atom stereocenters. The quantitative estimate of drug-likeness (QED) is 0.770. The zero-order valence-corrected chi connectivity index (χ0v) is 13.9. The molecule has 0 radical (unpaired) electrons. The molecular formula is C13H20BrClN2O3. The Hall–Kier alpha value is -0.820. The van der Waals surface area contributed by atoms with E-state index in [1.165, 1.54) is 7.11 Å². The van der Waals surface area contributed by atoms with Gasteiger partial charge in [-0.3, -0.25) is 4.79 Å². The lowest BCUT2D eigenvalue weighted by atomic mass is 10.3. The zero-order valence-electron chi connectivity index (χ0n) is 11.5. The second-order valence-corrected chi connectivity index (χ2v) is 5.11. The van der Waals surface area contributed by atoms with Gasteiger partial charge in [-0.2, -0.15) is 0 Å². The molecule has 20 heavy (non-hydrogen) atoms. The largest absolute Gasteiger partial charge is 0.489 e. The van der Waals surface area contributed by atoms with Gasteiger partial charge in [0.1, 0.15) is 17.9 Å². The van der Waals surface area contributed by atoms with Crippen LogP contribution in [0, 0.1) is 0 Å². The zero-order chi connectivity index (χ0) is 14.3. The highest BCUT2D eigenvalue weighted by molar-refractivity contribution is 9.10. The minimum absolute atomic E-state index is 0. The lowest BCUT2D eigenvalue weighted by Crippen LogP contribution is -2.46. The van der Waals surface area contributed by atoms with Gasteiger partial charge in [0.2, 0.25) is 5.91 Å². The Morgan fingerprint density at radius 2 is 2.00 bits per heavy atom. The number of rotatable bonds is 7. The van der Waals surface area contributed by atoms with E-state index in [-0.39, 0.29) is 31.0 Å². The van der Waals surface area contributed by atoms with Crippen molar-refractivity contribution >= 4 is 34.2 Å². The number of amides is 1. The van der Waals surface area contributed by atoms with Crippen LogP contribution in [0.15, 0.2) is 28.7 Å². The van der Waals surface area contributed by atoms with Crippen molar-refractivity contribution in [2.75, 3.05) is 20.3 Å². The molecule has 0 aromatic heterocycles. The van der Waals surface area contributed by atoms with Gasteiger partial charge >= 0.3 is 0 Å². The van der Waals surface area contributed by atoms with Gasteiger partial charge in [-0.15, -0.1) is 12.4 Å². The summed E-state index contributed by atoms with van der Waals surface area (Å²) in [6, 6.07) is 6.87. The number of methoxy groups -OCH3 is 1. The van der Waals surface area contributed by atoms with Crippen LogP contribution >= 0.6 is 28.3 Å². The molecule has 3 N–H and O–H groups in total. The number of ether oxygens (including phenoxy) is 2. The standard InChI is InChI=1S/C13H19BrN2O3.ClH/c1-9(7-16-13(17)12(15)8-18-2)19-11-5-3-10(14)4-6-11;/h3-6,9,12H,7-8,15H2,1-2H3,(H,16,17);1H. The predicted molar refractivity (Wildman–Crippen MR) is 84.3 cm³/mol. The van der Waals surface area contributed by atoms with Crippen LogP contribution in [0.1, 0.15) is 6.92 Å². The van der Waals surface area contributed by atoms with Gasteiger partial charge in [0, 0.05) is 11.6 Å². The number of nitrogens with two attached hydrogens (primary N) is 1. The number of carbonyl (C=O) groups excluding carboxylic acids is 1. The van der Waals surface area contributed by atoms with Crippen molar-refractivity contribution in [2.45, 2.75) is 19.1 Å². The minimum Gasteiger partial charge on any atom is -0.489 e. The Balaban J connectivity index is 0.00000361. The lowest BCUT2D eigenvalue weighted by Gasteiger charge is -2.17. The number of hydrogen-bond donors (Lipinski definition) is 2. The Morgan fingerprint density at radius 3 is 2.55 bits per heavy atom. The number of carbonyl (C=O) groups is 1. The van der Waals surface area contributed by atoms with Crippen LogP contribution in [0.4, 0.5) is 0 Å². The van der Waals surface area contributed by atoms with Crippen molar-refractivity contribution in [1.82, 2.24) is 5.32 Å². The molecule has 1 aromatic rings. The van der Waals surface area contributed by atoms with E-state index in [0.717, 1.165) is 10.2 Å². The van der Waals surface area contributed by atoms with Crippen molar-refractivity contribution < 1.29 is 14.3 Å². The second kappa shape index (κ2) is 9.99. The fourth-order valence-corrected chi connectivity index (χ4v) is 1.68. The van der Waals surface area contributed by atoms with Gasteiger partial charge < -0.3 is 20.5 Å². The van der Waals surface area contributed by atoms with Crippen molar-refractivity contribution in [3.8, 4) is 5.75 Å². The Bertz CT molecular complexity index is 403. The van der Waals surface area contributed by atoms with E-state index in [0.29, 0.717) is 6.54 Å². The molecule has 1 aromatic carbocycles. The highest BCUT2D eigenvalue weighted by Gasteiger charge is 2.14. The van der Waals surface area contributed by atoms with E-state index < -0.39 is 6.04 Å². The molecule has 2 unspecified atom stereocenters. The summed E-state index contributed by atoms with van der Waals surface area (Å²) in [7, 11) is 1.51. The van der Waals surface area contributed by atoms with E-state index in [9.17, 15) is 4.79 Å². The molecule has 5 nitrogen and oxygen atoms in total. The average molecular weight is 368 g/mol. The summed E-state index contributed by atoms with van der Waals surface area (Å²) in [6.07, 6.45) is -0.139. The first kappa shape index (κ1) is 19.2. The number of nitrogens with one attached hydrogen (secondary N) is 1. The molecule has 7 heteroatoms. The highest BCUT2D eigenvalue weighted by atomic mass is 79.9. The first-order valence-electron chi connectivity index (χ1n) is 5.97. The van der Waals surface area contributed by atoms with Crippen LogP contribution in [0.5, 0.6) is 5.75 Å². The van der Waals surface area contributed by atoms with E-state index in [1.54, 1.807) is 0 Å². The first-order valence-corrected chi connectivity index (χ1v) is 6.76. The molecule has 114 valence electrons. The molecule has 0 bridgehead atoms. The highest BCUT2D eigenvalue weighted by Crippen LogP contribution is 2.17. The normalized spacial score (nSPS) is 13.0. The van der Waals surface area contributed by atoms with E-state index in [4.69, 9.17) is 15.2 Å². The van der Waals surface area contributed by atoms with Gasteiger partial charge in [0.05, 0.1) is 13.2 Å². The Labute approximate surface area is 133 Å². The maximum absolute atomic E-state index is 11.6. The monoisotopic (exact) mass is 366 g/mol. The van der Waals surface area contributed by atoms with E-state index in [1.807, 2.05) is 31.2 Å². The van der Waals surface area contributed by atoms with Gasteiger partial charge in [-0.05, 0) is 31.2 Å². The Morgan fingerprint density at radius 1 is 1.40 bits per heavy atom. The minimum atomic E-state index is -0.648. The number of hydrogen-bond acceptors (Lipinski definition) is 4. The third-order valence-corrected chi connectivity index (χ3v) is 2.93. The summed E-state index contributed by atoms with van der Waals surface area (Å²) in [6.45, 7) is 2.48. The molecule has 0 fully saturated rings. The summed E-state index contributed by atoms with van der Waals surface area (Å²) in [5.74, 6) is 0.513. The topological polar surface area (TPSA) is 73.6 Å². The molecule has 0 heterocycles. The molecule has 0 saturated carbocycles. The summed E-state index contributed by atoms with van der Waals surface area (Å²) in [4.78, 5) is 11.6. The van der Waals surface area contributed by atoms with Crippen molar-refractivity contribution in [3.05, 3.63) is 28.7 Å². The maximum Gasteiger partial charge on any atom is 0.239 e. The first-order chi connectivity index (χ1) is 9.02. The summed E-state index contributed by atoms with van der Waals surface area (Å²) < 4.78 is 11.5.